The van der Waals surface area contributed by atoms with E-state index in [0.29, 0.717) is 19.7 Å². The highest BCUT2D eigenvalue weighted by Crippen LogP contribution is 2.27. The van der Waals surface area contributed by atoms with Crippen LogP contribution in [0, 0.1) is 0 Å². The smallest absolute Gasteiger partial charge is 0.374 e. The third-order valence-electron chi connectivity index (χ3n) is 2.44. The number of morpholine rings is 1. The first-order chi connectivity index (χ1) is 8.55. The number of ether oxygens (including phenoxy) is 1. The zero-order valence-electron chi connectivity index (χ0n) is 9.50. The van der Waals surface area contributed by atoms with Gasteiger partial charge in [0.1, 0.15) is 5.69 Å². The quantitative estimate of drug-likeness (QED) is 0.847. The summed E-state index contributed by atoms with van der Waals surface area (Å²) in [5, 5.41) is 5.86. The number of hydrogen-bond donors (Lipinski definition) is 2. The maximum absolute atomic E-state index is 12.4. The van der Waals surface area contributed by atoms with Crippen LogP contribution < -0.4 is 10.6 Å². The van der Waals surface area contributed by atoms with Crippen LogP contribution >= 0.6 is 0 Å². The summed E-state index contributed by atoms with van der Waals surface area (Å²) in [6, 6.07) is 0.837. The van der Waals surface area contributed by atoms with E-state index < -0.39 is 11.9 Å². The SMILES string of the molecule is FC(F)(F)c1ccnc(NCC2CNCCO2)n1. The van der Waals surface area contributed by atoms with Crippen molar-refractivity contribution < 1.29 is 17.9 Å². The zero-order chi connectivity index (χ0) is 13.0. The molecule has 0 spiro atoms. The molecule has 0 aromatic carbocycles. The Morgan fingerprint density at radius 3 is 3.00 bits per heavy atom. The van der Waals surface area contributed by atoms with Crippen molar-refractivity contribution in [3.63, 3.8) is 0 Å². The second-order valence-corrected chi connectivity index (χ2v) is 3.84. The molecule has 2 N–H and O–H groups in total. The van der Waals surface area contributed by atoms with E-state index in [0.717, 1.165) is 18.8 Å². The summed E-state index contributed by atoms with van der Waals surface area (Å²) in [5.41, 5.74) is -0.956. The molecule has 18 heavy (non-hydrogen) atoms. The van der Waals surface area contributed by atoms with E-state index in [-0.39, 0.29) is 12.1 Å². The van der Waals surface area contributed by atoms with Crippen LogP contribution in [0.2, 0.25) is 0 Å². The van der Waals surface area contributed by atoms with Gasteiger partial charge in [-0.3, -0.25) is 0 Å². The largest absolute Gasteiger partial charge is 0.433 e. The van der Waals surface area contributed by atoms with Crippen molar-refractivity contribution in [3.8, 4) is 0 Å². The zero-order valence-corrected chi connectivity index (χ0v) is 9.50. The van der Waals surface area contributed by atoms with Crippen molar-refractivity contribution in [2.75, 3.05) is 31.6 Å². The Morgan fingerprint density at radius 2 is 2.33 bits per heavy atom. The van der Waals surface area contributed by atoms with Crippen molar-refractivity contribution in [1.82, 2.24) is 15.3 Å². The van der Waals surface area contributed by atoms with E-state index in [1.54, 1.807) is 0 Å². The van der Waals surface area contributed by atoms with Crippen LogP contribution in [0.5, 0.6) is 0 Å². The van der Waals surface area contributed by atoms with Crippen molar-refractivity contribution in [1.29, 1.82) is 0 Å². The number of halogens is 3. The first-order valence-corrected chi connectivity index (χ1v) is 5.52. The molecule has 0 bridgehead atoms. The molecule has 5 nitrogen and oxygen atoms in total. The summed E-state index contributed by atoms with van der Waals surface area (Å²) in [6.45, 7) is 2.41. The van der Waals surface area contributed by atoms with E-state index in [1.807, 2.05) is 0 Å². The lowest BCUT2D eigenvalue weighted by molar-refractivity contribution is -0.141. The molecule has 8 heteroatoms. The molecule has 100 valence electrons. The first kappa shape index (κ1) is 13.0. The van der Waals surface area contributed by atoms with Gasteiger partial charge in [-0.05, 0) is 6.07 Å². The molecule has 2 rings (SSSR count). The van der Waals surface area contributed by atoms with Crippen LogP contribution in [0.1, 0.15) is 5.69 Å². The molecule has 1 unspecified atom stereocenters. The standard InChI is InChI=1S/C10H13F3N4O/c11-10(12,13)8-1-2-15-9(17-8)16-6-7-5-14-3-4-18-7/h1-2,7,14H,3-6H2,(H,15,16,17). The third-order valence-corrected chi connectivity index (χ3v) is 2.44. The van der Waals surface area contributed by atoms with E-state index >= 15 is 0 Å². The predicted octanol–water partition coefficient (Wildman–Crippen LogP) is 0.896. The minimum Gasteiger partial charge on any atom is -0.374 e. The van der Waals surface area contributed by atoms with Crippen molar-refractivity contribution in [2.45, 2.75) is 12.3 Å². The van der Waals surface area contributed by atoms with Crippen molar-refractivity contribution >= 4 is 5.95 Å². The van der Waals surface area contributed by atoms with Crippen LogP contribution in [0.15, 0.2) is 12.3 Å². The minimum absolute atomic E-state index is 0.0426. The fourth-order valence-electron chi connectivity index (χ4n) is 1.56. The molecule has 1 saturated heterocycles. The molecular weight excluding hydrogens is 249 g/mol. The van der Waals surface area contributed by atoms with Crippen LogP contribution in [0.25, 0.3) is 0 Å². The van der Waals surface area contributed by atoms with Gasteiger partial charge in [-0.15, -0.1) is 0 Å². The Kier molecular flexibility index (Phi) is 3.97. The Morgan fingerprint density at radius 1 is 1.50 bits per heavy atom. The van der Waals surface area contributed by atoms with E-state index in [2.05, 4.69) is 20.6 Å². The normalized spacial score (nSPS) is 20.7. The molecule has 1 aromatic rings. The summed E-state index contributed by atoms with van der Waals surface area (Å²) in [5.74, 6) is -0.0426. The lowest BCUT2D eigenvalue weighted by atomic mass is 10.3. The predicted molar refractivity (Wildman–Crippen MR) is 58.1 cm³/mol. The number of anilines is 1. The fraction of sp³-hybridized carbons (Fsp3) is 0.600. The van der Waals surface area contributed by atoms with Crippen molar-refractivity contribution in [3.05, 3.63) is 18.0 Å². The molecular formula is C10H13F3N4O. The molecule has 1 aliphatic rings. The third kappa shape index (κ3) is 3.54. The number of hydrogen-bond acceptors (Lipinski definition) is 5. The fourth-order valence-corrected chi connectivity index (χ4v) is 1.56. The highest BCUT2D eigenvalue weighted by Gasteiger charge is 2.32. The van der Waals surface area contributed by atoms with E-state index in [4.69, 9.17) is 4.74 Å². The van der Waals surface area contributed by atoms with Gasteiger partial charge in [-0.1, -0.05) is 0 Å². The summed E-state index contributed by atoms with van der Waals surface area (Å²) < 4.78 is 42.6. The van der Waals surface area contributed by atoms with Gasteiger partial charge in [0.05, 0.1) is 12.7 Å². The second kappa shape index (κ2) is 5.49. The highest BCUT2D eigenvalue weighted by atomic mass is 19.4. The van der Waals surface area contributed by atoms with Gasteiger partial charge in [-0.25, -0.2) is 9.97 Å². The highest BCUT2D eigenvalue weighted by molar-refractivity contribution is 5.26. The number of aromatic nitrogens is 2. The summed E-state index contributed by atoms with van der Waals surface area (Å²) in [6.07, 6.45) is -3.46. The average molecular weight is 262 g/mol. The maximum Gasteiger partial charge on any atom is 0.433 e. The topological polar surface area (TPSA) is 59.1 Å². The number of alkyl halides is 3. The lowest BCUT2D eigenvalue weighted by Crippen LogP contribution is -2.42. The average Bonchev–Trinajstić information content (AvgIpc) is 2.37. The first-order valence-electron chi connectivity index (χ1n) is 5.52. The Hall–Kier alpha value is -1.41. The second-order valence-electron chi connectivity index (χ2n) is 3.84. The minimum atomic E-state index is -4.46. The molecule has 1 aliphatic heterocycles. The monoisotopic (exact) mass is 262 g/mol. The van der Waals surface area contributed by atoms with Gasteiger partial charge < -0.3 is 15.4 Å². The molecule has 1 atom stereocenters. The van der Waals surface area contributed by atoms with E-state index in [1.165, 1.54) is 0 Å². The van der Waals surface area contributed by atoms with Gasteiger partial charge in [-0.2, -0.15) is 13.2 Å². The maximum atomic E-state index is 12.4. The van der Waals surface area contributed by atoms with Gasteiger partial charge >= 0.3 is 6.18 Å². The Labute approximate surface area is 102 Å². The Bertz CT molecular complexity index is 393. The number of rotatable bonds is 3. The van der Waals surface area contributed by atoms with Crippen LogP contribution in [0.3, 0.4) is 0 Å². The lowest BCUT2D eigenvalue weighted by Gasteiger charge is -2.23. The summed E-state index contributed by atoms with van der Waals surface area (Å²) in [4.78, 5) is 7.14. The molecule has 0 radical (unpaired) electrons. The molecule has 2 heterocycles. The van der Waals surface area contributed by atoms with E-state index in [9.17, 15) is 13.2 Å². The molecule has 0 aliphatic carbocycles. The van der Waals surface area contributed by atoms with Crippen LogP contribution in [-0.2, 0) is 10.9 Å². The van der Waals surface area contributed by atoms with Crippen molar-refractivity contribution in [2.24, 2.45) is 0 Å². The summed E-state index contributed by atoms with van der Waals surface area (Å²) >= 11 is 0. The summed E-state index contributed by atoms with van der Waals surface area (Å²) in [7, 11) is 0. The van der Waals surface area contributed by atoms with Gasteiger partial charge in [0, 0.05) is 25.8 Å². The number of nitrogens with zero attached hydrogens (tertiary/aromatic N) is 2. The van der Waals surface area contributed by atoms with Gasteiger partial charge in [0.25, 0.3) is 0 Å². The Balaban J connectivity index is 1.92. The van der Waals surface area contributed by atoms with Crippen LogP contribution in [-0.4, -0.2) is 42.3 Å². The van der Waals surface area contributed by atoms with Crippen LogP contribution in [0.4, 0.5) is 19.1 Å². The number of nitrogens with one attached hydrogen (secondary N) is 2. The molecule has 1 aromatic heterocycles. The molecule has 0 amide bonds. The van der Waals surface area contributed by atoms with Gasteiger partial charge in [0.15, 0.2) is 0 Å². The molecule has 0 saturated carbocycles. The van der Waals surface area contributed by atoms with Gasteiger partial charge in [0.2, 0.25) is 5.95 Å². The molecule has 1 fully saturated rings.